The van der Waals surface area contributed by atoms with Crippen molar-refractivity contribution in [3.63, 3.8) is 0 Å². The van der Waals surface area contributed by atoms with Gasteiger partial charge in [0.05, 0.1) is 10.6 Å². The number of hydrogen-bond acceptors (Lipinski definition) is 4. The van der Waals surface area contributed by atoms with Crippen molar-refractivity contribution in [1.82, 2.24) is 10.3 Å². The summed E-state index contributed by atoms with van der Waals surface area (Å²) in [5.41, 5.74) is 1.11. The van der Waals surface area contributed by atoms with Crippen molar-refractivity contribution >= 4 is 32.8 Å². The summed E-state index contributed by atoms with van der Waals surface area (Å²) in [6.07, 6.45) is 0. The van der Waals surface area contributed by atoms with Crippen LogP contribution in [0.5, 0.6) is 0 Å². The first kappa shape index (κ1) is 13.7. The number of hydrogen-bond donors (Lipinski definition) is 1. The first-order valence-corrected chi connectivity index (χ1v) is 8.56. The largest absolute Gasteiger partial charge is 0.310 e. The normalized spacial score (nSPS) is 11.6. The van der Waals surface area contributed by atoms with E-state index in [4.69, 9.17) is 4.98 Å². The molecular weight excluding hydrogens is 284 g/mol. The molecule has 2 nitrogen and oxygen atoms in total. The summed E-state index contributed by atoms with van der Waals surface area (Å²) in [6, 6.07) is 10.7. The number of nitrogens with zero attached hydrogens (tertiary/aromatic N) is 1. The second-order valence-corrected chi connectivity index (χ2v) is 7.33. The van der Waals surface area contributed by atoms with E-state index in [-0.39, 0.29) is 0 Å². The molecule has 0 aliphatic rings. The highest BCUT2D eigenvalue weighted by molar-refractivity contribution is 7.22. The van der Waals surface area contributed by atoms with E-state index in [0.29, 0.717) is 5.92 Å². The van der Waals surface area contributed by atoms with Crippen molar-refractivity contribution in [3.05, 3.63) is 40.7 Å². The van der Waals surface area contributed by atoms with Crippen LogP contribution in [0.3, 0.4) is 0 Å². The SMILES string of the molecule is CC(C)CNCc1nc(-c2cc3ccccc3s2)cs1. The molecule has 104 valence electrons. The van der Waals surface area contributed by atoms with Crippen molar-refractivity contribution in [3.8, 4) is 10.6 Å². The van der Waals surface area contributed by atoms with E-state index in [1.807, 2.05) is 11.3 Å². The molecule has 0 spiro atoms. The summed E-state index contributed by atoms with van der Waals surface area (Å²) < 4.78 is 1.33. The molecule has 1 aromatic carbocycles. The minimum Gasteiger partial charge on any atom is -0.310 e. The average molecular weight is 302 g/mol. The van der Waals surface area contributed by atoms with Crippen LogP contribution in [-0.2, 0) is 6.54 Å². The Kier molecular flexibility index (Phi) is 4.15. The zero-order valence-electron chi connectivity index (χ0n) is 11.7. The smallest absolute Gasteiger partial charge is 0.107 e. The van der Waals surface area contributed by atoms with E-state index in [9.17, 15) is 0 Å². The third-order valence-electron chi connectivity index (χ3n) is 3.06. The lowest BCUT2D eigenvalue weighted by Crippen LogP contribution is -2.18. The van der Waals surface area contributed by atoms with Gasteiger partial charge >= 0.3 is 0 Å². The standard InChI is InChI=1S/C16H18N2S2/c1-11(2)8-17-9-16-18-13(10-19-16)15-7-12-5-3-4-6-14(12)20-15/h3-7,10-11,17H,8-9H2,1-2H3. The lowest BCUT2D eigenvalue weighted by molar-refractivity contribution is 0.551. The second-order valence-electron chi connectivity index (χ2n) is 5.30. The third-order valence-corrected chi connectivity index (χ3v) is 5.05. The zero-order chi connectivity index (χ0) is 13.9. The number of benzene rings is 1. The summed E-state index contributed by atoms with van der Waals surface area (Å²) in [7, 11) is 0. The molecule has 0 aliphatic heterocycles. The van der Waals surface area contributed by atoms with E-state index in [0.717, 1.165) is 23.8 Å². The molecule has 0 aliphatic carbocycles. The van der Waals surface area contributed by atoms with Crippen molar-refractivity contribution in [2.75, 3.05) is 6.54 Å². The average Bonchev–Trinajstić information content (AvgIpc) is 3.03. The molecule has 3 rings (SSSR count). The highest BCUT2D eigenvalue weighted by Gasteiger charge is 2.08. The molecule has 3 aromatic rings. The second kappa shape index (κ2) is 6.04. The molecule has 4 heteroatoms. The van der Waals surface area contributed by atoms with Gasteiger partial charge in [-0.15, -0.1) is 22.7 Å². The van der Waals surface area contributed by atoms with Crippen LogP contribution in [0.2, 0.25) is 0 Å². The first-order valence-electron chi connectivity index (χ1n) is 6.86. The molecule has 20 heavy (non-hydrogen) atoms. The molecule has 0 unspecified atom stereocenters. The Labute approximate surface area is 127 Å². The van der Waals surface area contributed by atoms with Crippen LogP contribution >= 0.6 is 22.7 Å². The Balaban J connectivity index is 1.75. The van der Waals surface area contributed by atoms with Crippen molar-refractivity contribution < 1.29 is 0 Å². The van der Waals surface area contributed by atoms with E-state index in [1.165, 1.54) is 15.0 Å². The van der Waals surface area contributed by atoms with E-state index in [1.54, 1.807) is 11.3 Å². The summed E-state index contributed by atoms with van der Waals surface area (Å²) in [5.74, 6) is 0.678. The highest BCUT2D eigenvalue weighted by atomic mass is 32.1. The molecule has 0 atom stereocenters. The van der Waals surface area contributed by atoms with E-state index in [2.05, 4.69) is 54.9 Å². The van der Waals surface area contributed by atoms with Gasteiger partial charge in [0.25, 0.3) is 0 Å². The predicted octanol–water partition coefficient (Wildman–Crippen LogP) is 4.77. The van der Waals surface area contributed by atoms with Crippen molar-refractivity contribution in [2.24, 2.45) is 5.92 Å². The van der Waals surface area contributed by atoms with Gasteiger partial charge in [0, 0.05) is 16.6 Å². The van der Waals surface area contributed by atoms with Gasteiger partial charge in [-0.3, -0.25) is 0 Å². The highest BCUT2D eigenvalue weighted by Crippen LogP contribution is 2.33. The van der Waals surface area contributed by atoms with Crippen LogP contribution in [0.15, 0.2) is 35.7 Å². The fourth-order valence-electron chi connectivity index (χ4n) is 2.08. The van der Waals surface area contributed by atoms with E-state index < -0.39 is 0 Å². The Morgan fingerprint density at radius 2 is 2.10 bits per heavy atom. The Morgan fingerprint density at radius 3 is 2.90 bits per heavy atom. The number of nitrogens with one attached hydrogen (secondary N) is 1. The van der Waals surface area contributed by atoms with Crippen molar-refractivity contribution in [1.29, 1.82) is 0 Å². The Morgan fingerprint density at radius 1 is 1.25 bits per heavy atom. The van der Waals surface area contributed by atoms with Gasteiger partial charge < -0.3 is 5.32 Å². The maximum atomic E-state index is 4.74. The van der Waals surface area contributed by atoms with Gasteiger partial charge in [-0.05, 0) is 30.0 Å². The molecule has 2 aromatic heterocycles. The minimum absolute atomic E-state index is 0.678. The van der Waals surface area contributed by atoms with Crippen LogP contribution in [0, 0.1) is 5.92 Å². The minimum atomic E-state index is 0.678. The fourth-order valence-corrected chi connectivity index (χ4v) is 3.94. The van der Waals surface area contributed by atoms with Crippen LogP contribution in [0.4, 0.5) is 0 Å². The maximum absolute atomic E-state index is 4.74. The van der Waals surface area contributed by atoms with Gasteiger partial charge in [-0.2, -0.15) is 0 Å². The lowest BCUT2D eigenvalue weighted by atomic mass is 10.2. The molecule has 0 radical (unpaired) electrons. The Bertz CT molecular complexity index is 664. The van der Waals surface area contributed by atoms with Crippen LogP contribution in [0.25, 0.3) is 20.7 Å². The van der Waals surface area contributed by atoms with Crippen LogP contribution in [-0.4, -0.2) is 11.5 Å². The Hall–Kier alpha value is -1.23. The molecule has 0 fully saturated rings. The monoisotopic (exact) mass is 302 g/mol. The quantitative estimate of drug-likeness (QED) is 0.734. The molecule has 0 saturated heterocycles. The summed E-state index contributed by atoms with van der Waals surface area (Å²) >= 11 is 3.56. The lowest BCUT2D eigenvalue weighted by Gasteiger charge is -2.04. The number of thiophene rings is 1. The molecule has 0 amide bonds. The van der Waals surface area contributed by atoms with Crippen LogP contribution in [0.1, 0.15) is 18.9 Å². The molecule has 0 saturated carbocycles. The molecule has 2 heterocycles. The summed E-state index contributed by atoms with van der Waals surface area (Å²) in [4.78, 5) is 6.00. The van der Waals surface area contributed by atoms with Gasteiger partial charge in [0.1, 0.15) is 5.01 Å². The molecule has 1 N–H and O–H groups in total. The number of aromatic nitrogens is 1. The molecular formula is C16H18N2S2. The van der Waals surface area contributed by atoms with Crippen LogP contribution < -0.4 is 5.32 Å². The first-order chi connectivity index (χ1) is 9.72. The zero-order valence-corrected chi connectivity index (χ0v) is 13.4. The number of fused-ring (bicyclic) bond motifs is 1. The van der Waals surface area contributed by atoms with Gasteiger partial charge in [0.15, 0.2) is 0 Å². The number of rotatable bonds is 5. The van der Waals surface area contributed by atoms with Gasteiger partial charge in [-0.1, -0.05) is 32.0 Å². The summed E-state index contributed by atoms with van der Waals surface area (Å²) in [6.45, 7) is 6.35. The van der Waals surface area contributed by atoms with Crippen molar-refractivity contribution in [2.45, 2.75) is 20.4 Å². The van der Waals surface area contributed by atoms with Gasteiger partial charge in [-0.25, -0.2) is 4.98 Å². The predicted molar refractivity (Wildman–Crippen MR) is 89.5 cm³/mol. The summed E-state index contributed by atoms with van der Waals surface area (Å²) in [5, 5.41) is 8.08. The molecule has 0 bridgehead atoms. The van der Waals surface area contributed by atoms with E-state index >= 15 is 0 Å². The third kappa shape index (κ3) is 3.08. The topological polar surface area (TPSA) is 24.9 Å². The number of thiazole rings is 1. The van der Waals surface area contributed by atoms with Gasteiger partial charge in [0.2, 0.25) is 0 Å². The fraction of sp³-hybridized carbons (Fsp3) is 0.312. The maximum Gasteiger partial charge on any atom is 0.107 e.